The molecule has 0 spiro atoms. The van der Waals surface area contributed by atoms with Crippen LogP contribution in [0.25, 0.3) is 5.82 Å². The summed E-state index contributed by atoms with van der Waals surface area (Å²) in [6.45, 7) is 3.53. The quantitative estimate of drug-likeness (QED) is 0.667. The van der Waals surface area contributed by atoms with Gasteiger partial charge in [0.1, 0.15) is 5.82 Å². The maximum Gasteiger partial charge on any atom is 0.417 e. The van der Waals surface area contributed by atoms with E-state index in [1.165, 1.54) is 24.4 Å². The van der Waals surface area contributed by atoms with Gasteiger partial charge in [0.2, 0.25) is 0 Å². The maximum atomic E-state index is 12.8. The number of rotatable bonds is 4. The van der Waals surface area contributed by atoms with Gasteiger partial charge < -0.3 is 0 Å². The number of halogens is 4. The predicted molar refractivity (Wildman–Crippen MR) is 98.1 cm³/mol. The molecule has 0 amide bonds. The van der Waals surface area contributed by atoms with Gasteiger partial charge in [-0.1, -0.05) is 17.7 Å². The third-order valence-corrected chi connectivity index (χ3v) is 5.35. The summed E-state index contributed by atoms with van der Waals surface area (Å²) in [6, 6.07) is 6.87. The molecular weight excluding hydrogens is 417 g/mol. The fourth-order valence-corrected chi connectivity index (χ4v) is 4.05. The Morgan fingerprint density at radius 2 is 1.75 bits per heavy atom. The summed E-state index contributed by atoms with van der Waals surface area (Å²) in [7, 11) is -3.96. The SMILES string of the molecule is Cc1cc(C)cc(S(=O)(=O)Nc2ccnn2-c2ncc(C(F)(F)F)cc2Cl)c1. The number of anilines is 1. The number of nitrogens with zero attached hydrogens (tertiary/aromatic N) is 3. The van der Waals surface area contributed by atoms with Crippen molar-refractivity contribution in [2.24, 2.45) is 0 Å². The highest BCUT2D eigenvalue weighted by Crippen LogP contribution is 2.32. The lowest BCUT2D eigenvalue weighted by molar-refractivity contribution is -0.137. The van der Waals surface area contributed by atoms with Gasteiger partial charge in [0.15, 0.2) is 5.82 Å². The van der Waals surface area contributed by atoms with Crippen molar-refractivity contribution in [2.75, 3.05) is 4.72 Å². The standard InChI is InChI=1S/C17H14ClF3N4O2S/c1-10-5-11(2)7-13(6-10)28(26,27)24-15-3-4-23-25(15)16-14(18)8-12(9-22-16)17(19,20)21/h3-9,24H,1-2H3. The molecule has 0 aliphatic heterocycles. The average molecular weight is 431 g/mol. The van der Waals surface area contributed by atoms with Gasteiger partial charge in [0.05, 0.1) is 21.7 Å². The molecule has 2 aromatic heterocycles. The van der Waals surface area contributed by atoms with Crippen molar-refractivity contribution in [2.45, 2.75) is 24.9 Å². The Bertz CT molecular complexity index is 1120. The Morgan fingerprint density at radius 1 is 1.11 bits per heavy atom. The van der Waals surface area contributed by atoms with Crippen LogP contribution in [0.3, 0.4) is 0 Å². The molecule has 0 fully saturated rings. The molecule has 11 heteroatoms. The topological polar surface area (TPSA) is 76.9 Å². The Hall–Kier alpha value is -2.59. The molecule has 3 rings (SSSR count). The molecule has 0 saturated carbocycles. The summed E-state index contributed by atoms with van der Waals surface area (Å²) < 4.78 is 67.1. The molecule has 148 valence electrons. The van der Waals surface area contributed by atoms with Gasteiger partial charge in [-0.3, -0.25) is 4.72 Å². The van der Waals surface area contributed by atoms with E-state index in [1.807, 2.05) is 6.07 Å². The largest absolute Gasteiger partial charge is 0.417 e. The minimum absolute atomic E-state index is 0.0201. The minimum Gasteiger partial charge on any atom is -0.263 e. The lowest BCUT2D eigenvalue weighted by atomic mass is 10.2. The van der Waals surface area contributed by atoms with E-state index >= 15 is 0 Å². The molecule has 0 aliphatic carbocycles. The monoisotopic (exact) mass is 430 g/mol. The Morgan fingerprint density at radius 3 is 2.32 bits per heavy atom. The van der Waals surface area contributed by atoms with E-state index in [9.17, 15) is 21.6 Å². The van der Waals surface area contributed by atoms with E-state index in [0.717, 1.165) is 15.8 Å². The smallest absolute Gasteiger partial charge is 0.263 e. The molecule has 2 heterocycles. The average Bonchev–Trinajstić information content (AvgIpc) is 3.00. The van der Waals surface area contributed by atoms with Gasteiger partial charge in [-0.2, -0.15) is 23.0 Å². The first-order valence-electron chi connectivity index (χ1n) is 7.85. The molecule has 0 atom stereocenters. The van der Waals surface area contributed by atoms with Gasteiger partial charge >= 0.3 is 6.18 Å². The van der Waals surface area contributed by atoms with Crippen LogP contribution in [-0.2, 0) is 16.2 Å². The molecule has 0 bridgehead atoms. The van der Waals surface area contributed by atoms with E-state index < -0.39 is 21.8 Å². The number of sulfonamides is 1. The molecule has 3 aromatic rings. The van der Waals surface area contributed by atoms with E-state index in [1.54, 1.807) is 13.8 Å². The fourth-order valence-electron chi connectivity index (χ4n) is 2.58. The number of nitrogens with one attached hydrogen (secondary N) is 1. The molecule has 1 aromatic carbocycles. The van der Waals surface area contributed by atoms with Crippen molar-refractivity contribution in [1.82, 2.24) is 14.8 Å². The van der Waals surface area contributed by atoms with Gasteiger partial charge in [-0.25, -0.2) is 13.4 Å². The summed E-state index contributed by atoms with van der Waals surface area (Å²) in [5.74, 6) is -0.161. The number of benzene rings is 1. The van der Waals surface area contributed by atoms with Gasteiger partial charge in [0.25, 0.3) is 10.0 Å². The summed E-state index contributed by atoms with van der Waals surface area (Å²) in [5, 5.41) is 3.59. The van der Waals surface area contributed by atoms with Crippen molar-refractivity contribution < 1.29 is 21.6 Å². The summed E-state index contributed by atoms with van der Waals surface area (Å²) in [6.07, 6.45) is -2.73. The molecule has 0 aliphatic rings. The van der Waals surface area contributed by atoms with Crippen LogP contribution in [-0.4, -0.2) is 23.2 Å². The zero-order chi connectivity index (χ0) is 20.7. The first-order chi connectivity index (χ1) is 13.0. The second-order valence-electron chi connectivity index (χ2n) is 6.08. The number of aryl methyl sites for hydroxylation is 2. The second-order valence-corrected chi connectivity index (χ2v) is 8.17. The zero-order valence-electron chi connectivity index (χ0n) is 14.6. The van der Waals surface area contributed by atoms with Gasteiger partial charge in [-0.05, 0) is 43.2 Å². The van der Waals surface area contributed by atoms with Crippen molar-refractivity contribution in [3.8, 4) is 5.82 Å². The first-order valence-corrected chi connectivity index (χ1v) is 9.72. The zero-order valence-corrected chi connectivity index (χ0v) is 16.2. The highest BCUT2D eigenvalue weighted by molar-refractivity contribution is 7.92. The predicted octanol–water partition coefficient (Wildman–Crippen LogP) is 4.36. The highest BCUT2D eigenvalue weighted by Gasteiger charge is 2.32. The third-order valence-electron chi connectivity index (χ3n) is 3.74. The number of alkyl halides is 3. The Balaban J connectivity index is 1.99. The van der Waals surface area contributed by atoms with E-state index in [2.05, 4.69) is 14.8 Å². The highest BCUT2D eigenvalue weighted by atomic mass is 35.5. The van der Waals surface area contributed by atoms with Crippen molar-refractivity contribution in [3.63, 3.8) is 0 Å². The van der Waals surface area contributed by atoms with Crippen LogP contribution >= 0.6 is 11.6 Å². The number of hydrogen-bond donors (Lipinski definition) is 1. The second kappa shape index (κ2) is 7.10. The van der Waals surface area contributed by atoms with Crippen LogP contribution in [0.5, 0.6) is 0 Å². The molecule has 0 radical (unpaired) electrons. The molecule has 0 unspecified atom stereocenters. The lowest BCUT2D eigenvalue weighted by Crippen LogP contribution is -2.17. The van der Waals surface area contributed by atoms with Crippen LogP contribution < -0.4 is 4.72 Å². The molecule has 6 nitrogen and oxygen atoms in total. The summed E-state index contributed by atoms with van der Waals surface area (Å²) in [5.41, 5.74) is 0.508. The van der Waals surface area contributed by atoms with Crippen LogP contribution in [0.4, 0.5) is 19.0 Å². The normalized spacial score (nSPS) is 12.2. The van der Waals surface area contributed by atoms with E-state index in [4.69, 9.17) is 11.6 Å². The van der Waals surface area contributed by atoms with Crippen LogP contribution in [0.1, 0.15) is 16.7 Å². The van der Waals surface area contributed by atoms with Crippen molar-refractivity contribution in [3.05, 3.63) is 64.4 Å². The third kappa shape index (κ3) is 4.12. The minimum atomic E-state index is -4.60. The molecule has 28 heavy (non-hydrogen) atoms. The molecule has 1 N–H and O–H groups in total. The summed E-state index contributed by atoms with van der Waals surface area (Å²) in [4.78, 5) is 3.74. The fraction of sp³-hybridized carbons (Fsp3) is 0.176. The van der Waals surface area contributed by atoms with Crippen LogP contribution in [0, 0.1) is 13.8 Å². The first kappa shape index (κ1) is 20.2. The van der Waals surface area contributed by atoms with Crippen LogP contribution in [0.2, 0.25) is 5.02 Å². The Labute approximate surface area is 164 Å². The Kier molecular flexibility index (Phi) is 5.11. The number of aromatic nitrogens is 3. The number of hydrogen-bond acceptors (Lipinski definition) is 4. The van der Waals surface area contributed by atoms with Crippen molar-refractivity contribution >= 4 is 27.4 Å². The van der Waals surface area contributed by atoms with E-state index in [-0.39, 0.29) is 21.6 Å². The van der Waals surface area contributed by atoms with E-state index in [0.29, 0.717) is 12.3 Å². The molecular formula is C17H14ClF3N4O2S. The summed E-state index contributed by atoms with van der Waals surface area (Å²) >= 11 is 5.93. The van der Waals surface area contributed by atoms with Gasteiger partial charge in [0, 0.05) is 12.3 Å². The maximum absolute atomic E-state index is 12.8. The molecule has 0 saturated heterocycles. The van der Waals surface area contributed by atoms with Crippen molar-refractivity contribution in [1.29, 1.82) is 0 Å². The van der Waals surface area contributed by atoms with Crippen LogP contribution in [0.15, 0.2) is 47.6 Å². The van der Waals surface area contributed by atoms with Gasteiger partial charge in [-0.15, -0.1) is 0 Å². The lowest BCUT2D eigenvalue weighted by Gasteiger charge is -2.13. The number of pyridine rings is 1.